The van der Waals surface area contributed by atoms with Crippen LogP contribution in [0.15, 0.2) is 41.3 Å². The van der Waals surface area contributed by atoms with Crippen molar-refractivity contribution in [2.75, 3.05) is 7.05 Å². The van der Waals surface area contributed by atoms with Gasteiger partial charge in [-0.15, -0.1) is 0 Å². The van der Waals surface area contributed by atoms with E-state index in [1.54, 1.807) is 31.3 Å². The van der Waals surface area contributed by atoms with E-state index in [2.05, 4.69) is 10.3 Å². The van der Waals surface area contributed by atoms with Crippen LogP contribution in [0.2, 0.25) is 0 Å². The average molecular weight is 353 g/mol. The summed E-state index contributed by atoms with van der Waals surface area (Å²) in [6.07, 6.45) is 3.94. The van der Waals surface area contributed by atoms with Gasteiger partial charge in [-0.1, -0.05) is 18.2 Å². The van der Waals surface area contributed by atoms with E-state index in [-0.39, 0.29) is 29.6 Å². The zero-order chi connectivity index (χ0) is 18.7. The Bertz CT molecular complexity index is 915. The SMILES string of the molecule is CN(Cc1cccc(C=O)c1)C(=O)c1cc(C(=O)NC2CC2)c[nH]c1=O. The largest absolute Gasteiger partial charge is 0.349 e. The molecule has 0 atom stereocenters. The molecule has 0 spiro atoms. The van der Waals surface area contributed by atoms with Crippen molar-refractivity contribution < 1.29 is 14.4 Å². The third kappa shape index (κ3) is 4.05. The molecule has 0 bridgehead atoms. The molecule has 1 aliphatic carbocycles. The Morgan fingerprint density at radius 2 is 2.08 bits per heavy atom. The summed E-state index contributed by atoms with van der Waals surface area (Å²) < 4.78 is 0. The molecule has 2 N–H and O–H groups in total. The highest BCUT2D eigenvalue weighted by atomic mass is 16.2. The highest BCUT2D eigenvalue weighted by Crippen LogP contribution is 2.19. The molecule has 0 aliphatic heterocycles. The van der Waals surface area contributed by atoms with Gasteiger partial charge in [-0.3, -0.25) is 19.2 Å². The lowest BCUT2D eigenvalue weighted by atomic mass is 10.1. The first-order valence-electron chi connectivity index (χ1n) is 8.31. The van der Waals surface area contributed by atoms with Crippen LogP contribution in [-0.4, -0.2) is 41.1 Å². The number of pyridine rings is 1. The van der Waals surface area contributed by atoms with Gasteiger partial charge >= 0.3 is 0 Å². The Balaban J connectivity index is 1.77. The summed E-state index contributed by atoms with van der Waals surface area (Å²) in [5, 5.41) is 2.82. The number of hydrogen-bond acceptors (Lipinski definition) is 4. The number of aldehydes is 1. The van der Waals surface area contributed by atoms with Crippen LogP contribution in [-0.2, 0) is 6.54 Å². The van der Waals surface area contributed by atoms with Crippen LogP contribution in [0.1, 0.15) is 49.5 Å². The van der Waals surface area contributed by atoms with Gasteiger partial charge in [0.15, 0.2) is 0 Å². The van der Waals surface area contributed by atoms with Crippen molar-refractivity contribution in [2.24, 2.45) is 0 Å². The van der Waals surface area contributed by atoms with Crippen molar-refractivity contribution in [3.05, 3.63) is 69.1 Å². The molecule has 0 unspecified atom stereocenters. The number of nitrogens with one attached hydrogen (secondary N) is 2. The van der Waals surface area contributed by atoms with Crippen LogP contribution >= 0.6 is 0 Å². The molecule has 7 nitrogen and oxygen atoms in total. The van der Waals surface area contributed by atoms with Gasteiger partial charge < -0.3 is 15.2 Å². The van der Waals surface area contributed by atoms with Crippen molar-refractivity contribution >= 4 is 18.1 Å². The minimum atomic E-state index is -0.550. The predicted molar refractivity (Wildman–Crippen MR) is 95.2 cm³/mol. The number of amides is 2. The standard InChI is InChI=1S/C19H19N3O4/c1-22(10-12-3-2-4-13(7-12)11-23)19(26)16-8-14(9-20-18(16)25)17(24)21-15-5-6-15/h2-4,7-9,11,15H,5-6,10H2,1H3,(H,20,25)(H,21,24). The fourth-order valence-electron chi connectivity index (χ4n) is 2.59. The second kappa shape index (κ2) is 7.35. The Hall–Kier alpha value is -3.22. The zero-order valence-electron chi connectivity index (χ0n) is 14.3. The van der Waals surface area contributed by atoms with Gasteiger partial charge in [0.1, 0.15) is 11.8 Å². The zero-order valence-corrected chi connectivity index (χ0v) is 14.3. The Morgan fingerprint density at radius 1 is 1.31 bits per heavy atom. The molecule has 2 aromatic rings. The van der Waals surface area contributed by atoms with Crippen LogP contribution < -0.4 is 10.9 Å². The highest BCUT2D eigenvalue weighted by Gasteiger charge is 2.25. The molecule has 0 saturated heterocycles. The van der Waals surface area contributed by atoms with Crippen LogP contribution in [0.3, 0.4) is 0 Å². The molecule has 3 rings (SSSR count). The van der Waals surface area contributed by atoms with Crippen LogP contribution in [0.4, 0.5) is 0 Å². The van der Waals surface area contributed by atoms with E-state index < -0.39 is 11.5 Å². The second-order valence-electron chi connectivity index (χ2n) is 6.40. The van der Waals surface area contributed by atoms with Crippen molar-refractivity contribution in [1.29, 1.82) is 0 Å². The summed E-state index contributed by atoms with van der Waals surface area (Å²) in [6, 6.07) is 8.37. The van der Waals surface area contributed by atoms with E-state index in [4.69, 9.17) is 0 Å². The molecule has 134 valence electrons. The molecule has 1 fully saturated rings. The van der Waals surface area contributed by atoms with Crippen molar-refractivity contribution in [1.82, 2.24) is 15.2 Å². The summed E-state index contributed by atoms with van der Waals surface area (Å²) in [5.41, 5.74) is 0.884. The van der Waals surface area contributed by atoms with Gasteiger partial charge in [0.05, 0.1) is 5.56 Å². The highest BCUT2D eigenvalue weighted by molar-refractivity contribution is 5.99. The molecule has 1 saturated carbocycles. The van der Waals surface area contributed by atoms with E-state index in [0.29, 0.717) is 5.56 Å². The monoisotopic (exact) mass is 353 g/mol. The maximum atomic E-state index is 12.6. The minimum Gasteiger partial charge on any atom is -0.349 e. The Kier molecular flexibility index (Phi) is 4.97. The third-order valence-electron chi connectivity index (χ3n) is 4.16. The molecule has 7 heteroatoms. The lowest BCUT2D eigenvalue weighted by Gasteiger charge is -2.17. The summed E-state index contributed by atoms with van der Waals surface area (Å²) in [4.78, 5) is 51.5. The number of aromatic nitrogens is 1. The van der Waals surface area contributed by atoms with Crippen LogP contribution in [0.25, 0.3) is 0 Å². The topological polar surface area (TPSA) is 99.3 Å². The normalized spacial score (nSPS) is 13.1. The van der Waals surface area contributed by atoms with E-state index >= 15 is 0 Å². The van der Waals surface area contributed by atoms with E-state index in [0.717, 1.165) is 24.7 Å². The number of rotatable bonds is 6. The second-order valence-corrected chi connectivity index (χ2v) is 6.40. The molecule has 1 aromatic carbocycles. The Morgan fingerprint density at radius 3 is 2.77 bits per heavy atom. The summed E-state index contributed by atoms with van der Waals surface area (Å²) in [5.74, 6) is -0.803. The number of nitrogens with zero attached hydrogens (tertiary/aromatic N) is 1. The maximum Gasteiger partial charge on any atom is 0.260 e. The first kappa shape index (κ1) is 17.6. The number of H-pyrrole nitrogens is 1. The smallest absolute Gasteiger partial charge is 0.260 e. The fraction of sp³-hybridized carbons (Fsp3) is 0.263. The lowest BCUT2D eigenvalue weighted by Crippen LogP contribution is -2.33. The number of carbonyl (C=O) groups is 3. The van der Waals surface area contributed by atoms with E-state index in [1.807, 2.05) is 0 Å². The molecule has 0 radical (unpaired) electrons. The van der Waals surface area contributed by atoms with E-state index in [1.165, 1.54) is 17.2 Å². The molecule has 26 heavy (non-hydrogen) atoms. The molecule has 1 aromatic heterocycles. The summed E-state index contributed by atoms with van der Waals surface area (Å²) in [6.45, 7) is 0.235. The van der Waals surface area contributed by atoms with Gasteiger partial charge in [0, 0.05) is 31.4 Å². The third-order valence-corrected chi connectivity index (χ3v) is 4.16. The molecule has 1 aliphatic rings. The van der Waals surface area contributed by atoms with Crippen molar-refractivity contribution in [3.63, 3.8) is 0 Å². The van der Waals surface area contributed by atoms with E-state index in [9.17, 15) is 19.2 Å². The average Bonchev–Trinajstić information content (AvgIpc) is 3.45. The first-order chi connectivity index (χ1) is 12.5. The van der Waals surface area contributed by atoms with Gasteiger partial charge in [-0.05, 0) is 30.5 Å². The fourth-order valence-corrected chi connectivity index (χ4v) is 2.59. The summed E-state index contributed by atoms with van der Waals surface area (Å²) >= 11 is 0. The van der Waals surface area contributed by atoms with Gasteiger partial charge in [-0.2, -0.15) is 0 Å². The number of benzene rings is 1. The maximum absolute atomic E-state index is 12.6. The lowest BCUT2D eigenvalue weighted by molar-refractivity contribution is 0.0783. The Labute approximate surface area is 150 Å². The van der Waals surface area contributed by atoms with Gasteiger partial charge in [0.2, 0.25) is 0 Å². The number of aromatic amines is 1. The quantitative estimate of drug-likeness (QED) is 0.766. The number of hydrogen-bond donors (Lipinski definition) is 2. The molecule has 1 heterocycles. The van der Waals surface area contributed by atoms with Crippen molar-refractivity contribution in [2.45, 2.75) is 25.4 Å². The minimum absolute atomic E-state index is 0.0949. The molecular formula is C19H19N3O4. The van der Waals surface area contributed by atoms with Crippen molar-refractivity contribution in [3.8, 4) is 0 Å². The summed E-state index contributed by atoms with van der Waals surface area (Å²) in [7, 11) is 1.56. The predicted octanol–water partition coefficient (Wildman–Crippen LogP) is 1.35. The first-order valence-corrected chi connectivity index (χ1v) is 8.31. The van der Waals surface area contributed by atoms with Crippen LogP contribution in [0, 0.1) is 0 Å². The van der Waals surface area contributed by atoms with Gasteiger partial charge in [-0.25, -0.2) is 0 Å². The molecular weight excluding hydrogens is 334 g/mol. The number of carbonyl (C=O) groups excluding carboxylic acids is 3. The van der Waals surface area contributed by atoms with Crippen LogP contribution in [0.5, 0.6) is 0 Å². The van der Waals surface area contributed by atoms with Gasteiger partial charge in [0.25, 0.3) is 17.4 Å². The molecule has 2 amide bonds.